The van der Waals surface area contributed by atoms with Crippen molar-refractivity contribution in [2.75, 3.05) is 23.5 Å². The summed E-state index contributed by atoms with van der Waals surface area (Å²) in [7, 11) is 2.11. The van der Waals surface area contributed by atoms with Crippen molar-refractivity contribution in [1.82, 2.24) is 9.55 Å². The number of nitrogens with zero attached hydrogens (tertiary/aromatic N) is 5. The van der Waals surface area contributed by atoms with Gasteiger partial charge in [-0.2, -0.15) is 5.26 Å². The SMILES string of the molecule is CN1CN(c2cccc(Oc3ccc4c5cc(C#N)ccc5n(-c5cc(C(C)(C)C)ccn5)c4c3)c2)c2ccccc21. The van der Waals surface area contributed by atoms with Crippen LogP contribution in [0.5, 0.6) is 11.5 Å². The summed E-state index contributed by atoms with van der Waals surface area (Å²) >= 11 is 0. The van der Waals surface area contributed by atoms with E-state index in [0.717, 1.165) is 51.5 Å². The largest absolute Gasteiger partial charge is 0.457 e. The maximum atomic E-state index is 9.60. The lowest BCUT2D eigenvalue weighted by molar-refractivity contribution is 0.483. The van der Waals surface area contributed by atoms with E-state index < -0.39 is 0 Å². The molecule has 7 rings (SSSR count). The zero-order valence-electron chi connectivity index (χ0n) is 24.2. The fraction of sp³-hybridized carbons (Fsp3) is 0.167. The molecule has 6 nitrogen and oxygen atoms in total. The number of fused-ring (bicyclic) bond motifs is 4. The number of hydrogen-bond acceptors (Lipinski definition) is 5. The van der Waals surface area contributed by atoms with Crippen molar-refractivity contribution in [2.24, 2.45) is 0 Å². The lowest BCUT2D eigenvalue weighted by Crippen LogP contribution is -2.23. The second-order valence-corrected chi connectivity index (χ2v) is 11.9. The summed E-state index contributed by atoms with van der Waals surface area (Å²) in [5.74, 6) is 2.33. The summed E-state index contributed by atoms with van der Waals surface area (Å²) in [6, 6.07) is 35.2. The first-order valence-electron chi connectivity index (χ1n) is 14.1. The minimum absolute atomic E-state index is 0.0195. The highest BCUT2D eigenvalue weighted by molar-refractivity contribution is 6.10. The van der Waals surface area contributed by atoms with E-state index in [9.17, 15) is 5.26 Å². The third kappa shape index (κ3) is 4.31. The molecule has 6 aromatic rings. The maximum absolute atomic E-state index is 9.60. The smallest absolute Gasteiger partial charge is 0.137 e. The molecule has 4 aromatic carbocycles. The van der Waals surface area contributed by atoms with Gasteiger partial charge in [0.1, 0.15) is 17.3 Å². The molecule has 0 saturated heterocycles. The molecule has 0 fully saturated rings. The molecular formula is C36H31N5O. The first kappa shape index (κ1) is 25.7. The highest BCUT2D eigenvalue weighted by Crippen LogP contribution is 2.41. The minimum Gasteiger partial charge on any atom is -0.457 e. The van der Waals surface area contributed by atoms with E-state index in [4.69, 9.17) is 9.72 Å². The molecule has 0 unspecified atom stereocenters. The number of ether oxygens (including phenoxy) is 1. The fourth-order valence-electron chi connectivity index (χ4n) is 5.84. The van der Waals surface area contributed by atoms with E-state index in [-0.39, 0.29) is 5.41 Å². The van der Waals surface area contributed by atoms with Gasteiger partial charge in [-0.15, -0.1) is 0 Å². The minimum atomic E-state index is -0.0195. The van der Waals surface area contributed by atoms with Crippen molar-refractivity contribution in [2.45, 2.75) is 26.2 Å². The molecule has 42 heavy (non-hydrogen) atoms. The first-order chi connectivity index (χ1) is 20.3. The number of anilines is 3. The van der Waals surface area contributed by atoms with Gasteiger partial charge in [-0.3, -0.25) is 4.57 Å². The van der Waals surface area contributed by atoms with E-state index in [0.29, 0.717) is 5.56 Å². The van der Waals surface area contributed by atoms with Crippen LogP contribution in [0.15, 0.2) is 103 Å². The van der Waals surface area contributed by atoms with Crippen LogP contribution in [0, 0.1) is 11.3 Å². The highest BCUT2D eigenvalue weighted by Gasteiger charge is 2.24. The van der Waals surface area contributed by atoms with Crippen LogP contribution >= 0.6 is 0 Å². The Bertz CT molecular complexity index is 2030. The summed E-state index contributed by atoms with van der Waals surface area (Å²) in [6.45, 7) is 7.39. The Balaban J connectivity index is 1.32. The van der Waals surface area contributed by atoms with Crippen molar-refractivity contribution in [1.29, 1.82) is 5.26 Å². The van der Waals surface area contributed by atoms with E-state index in [1.807, 2.05) is 42.6 Å². The third-order valence-corrected chi connectivity index (χ3v) is 8.01. The first-order valence-corrected chi connectivity index (χ1v) is 14.1. The third-order valence-electron chi connectivity index (χ3n) is 8.01. The van der Waals surface area contributed by atoms with Gasteiger partial charge < -0.3 is 14.5 Å². The van der Waals surface area contributed by atoms with Crippen molar-refractivity contribution in [3.05, 3.63) is 114 Å². The highest BCUT2D eigenvalue weighted by atomic mass is 16.5. The molecule has 0 radical (unpaired) electrons. The summed E-state index contributed by atoms with van der Waals surface area (Å²) in [6.07, 6.45) is 1.87. The molecule has 0 atom stereocenters. The Morgan fingerprint density at radius 1 is 0.786 bits per heavy atom. The van der Waals surface area contributed by atoms with Crippen LogP contribution in [-0.4, -0.2) is 23.3 Å². The van der Waals surface area contributed by atoms with Crippen molar-refractivity contribution in [3.8, 4) is 23.4 Å². The van der Waals surface area contributed by atoms with Crippen LogP contribution in [0.3, 0.4) is 0 Å². The van der Waals surface area contributed by atoms with Crippen molar-refractivity contribution < 1.29 is 4.74 Å². The average molecular weight is 550 g/mol. The molecule has 0 spiro atoms. The number of pyridine rings is 1. The van der Waals surface area contributed by atoms with E-state index >= 15 is 0 Å². The Labute approximate surface area is 245 Å². The van der Waals surface area contributed by atoms with Crippen LogP contribution < -0.4 is 14.5 Å². The summed E-state index contributed by atoms with van der Waals surface area (Å²) in [5, 5.41) is 11.7. The zero-order valence-corrected chi connectivity index (χ0v) is 24.2. The van der Waals surface area contributed by atoms with Gasteiger partial charge in [-0.25, -0.2) is 4.98 Å². The number of para-hydroxylation sites is 2. The summed E-state index contributed by atoms with van der Waals surface area (Å²) < 4.78 is 8.65. The van der Waals surface area contributed by atoms with Gasteiger partial charge in [0, 0.05) is 41.8 Å². The second kappa shape index (κ2) is 9.67. The number of hydrogen-bond donors (Lipinski definition) is 0. The average Bonchev–Trinajstić information content (AvgIpc) is 3.51. The Hall–Kier alpha value is -5.28. The van der Waals surface area contributed by atoms with Gasteiger partial charge in [0.05, 0.1) is 40.7 Å². The Morgan fingerprint density at radius 3 is 2.40 bits per heavy atom. The Morgan fingerprint density at radius 2 is 1.60 bits per heavy atom. The van der Waals surface area contributed by atoms with Crippen molar-refractivity contribution >= 4 is 38.9 Å². The molecule has 206 valence electrons. The molecule has 0 amide bonds. The van der Waals surface area contributed by atoms with Crippen LogP contribution in [-0.2, 0) is 5.41 Å². The molecule has 1 aliphatic heterocycles. The lowest BCUT2D eigenvalue weighted by Gasteiger charge is -2.20. The molecule has 0 N–H and O–H groups in total. The monoisotopic (exact) mass is 549 g/mol. The normalized spacial score (nSPS) is 13.0. The van der Waals surface area contributed by atoms with Gasteiger partial charge in [-0.05, 0) is 77.7 Å². The quantitative estimate of drug-likeness (QED) is 0.220. The summed E-state index contributed by atoms with van der Waals surface area (Å²) in [5.41, 5.74) is 7.26. The predicted octanol–water partition coefficient (Wildman–Crippen LogP) is 8.69. The molecule has 3 heterocycles. The molecule has 0 bridgehead atoms. The topological polar surface area (TPSA) is 57.3 Å². The molecule has 0 aliphatic carbocycles. The number of rotatable bonds is 4. The number of aromatic nitrogens is 2. The predicted molar refractivity (Wildman–Crippen MR) is 170 cm³/mol. The molecule has 6 heteroatoms. The molecule has 1 aliphatic rings. The van der Waals surface area contributed by atoms with Gasteiger partial charge in [0.25, 0.3) is 0 Å². The number of benzene rings is 4. The molecular weight excluding hydrogens is 518 g/mol. The van der Waals surface area contributed by atoms with Gasteiger partial charge in [0.2, 0.25) is 0 Å². The van der Waals surface area contributed by atoms with Gasteiger partial charge >= 0.3 is 0 Å². The van der Waals surface area contributed by atoms with Crippen molar-refractivity contribution in [3.63, 3.8) is 0 Å². The van der Waals surface area contributed by atoms with Crippen LogP contribution in [0.4, 0.5) is 17.1 Å². The standard InChI is InChI=1S/C36H31N5O/c1-36(2,3)25-16-17-38-35(19-25)41-31-15-12-24(22-37)18-30(31)29-14-13-28(21-34(29)41)42-27-9-7-8-26(20-27)40-23-39(4)32-10-5-6-11-33(32)40/h5-21H,23H2,1-4H3. The molecule has 0 saturated carbocycles. The van der Waals surface area contributed by atoms with E-state index in [1.165, 1.54) is 16.9 Å². The Kier molecular flexibility index (Phi) is 5.91. The lowest BCUT2D eigenvalue weighted by atomic mass is 9.88. The van der Waals surface area contributed by atoms with Gasteiger partial charge in [-0.1, -0.05) is 39.0 Å². The fourth-order valence-corrected chi connectivity index (χ4v) is 5.84. The van der Waals surface area contributed by atoms with E-state index in [2.05, 4.69) is 109 Å². The van der Waals surface area contributed by atoms with Crippen LogP contribution in [0.1, 0.15) is 31.9 Å². The number of nitriles is 1. The van der Waals surface area contributed by atoms with E-state index in [1.54, 1.807) is 0 Å². The van der Waals surface area contributed by atoms with Gasteiger partial charge in [0.15, 0.2) is 0 Å². The zero-order chi connectivity index (χ0) is 29.0. The van der Waals surface area contributed by atoms with Crippen LogP contribution in [0.25, 0.3) is 27.6 Å². The second-order valence-electron chi connectivity index (χ2n) is 11.9. The maximum Gasteiger partial charge on any atom is 0.137 e. The summed E-state index contributed by atoms with van der Waals surface area (Å²) in [4.78, 5) is 9.32. The van der Waals surface area contributed by atoms with Crippen LogP contribution in [0.2, 0.25) is 0 Å². The molecule has 2 aromatic heterocycles.